The minimum absolute atomic E-state index is 0.254. The fourth-order valence-corrected chi connectivity index (χ4v) is 5.88. The molecule has 0 radical (unpaired) electrons. The highest BCUT2D eigenvalue weighted by Crippen LogP contribution is 2.52. The summed E-state index contributed by atoms with van der Waals surface area (Å²) in [4.78, 5) is 98.0. The zero-order valence-electron chi connectivity index (χ0n) is 26.5. The van der Waals surface area contributed by atoms with Gasteiger partial charge in [-0.1, -0.05) is 36.4 Å². The smallest absolute Gasteiger partial charge is 0.340 e. The first-order chi connectivity index (χ1) is 24.9. The fourth-order valence-electron chi connectivity index (χ4n) is 5.88. The Morgan fingerprint density at radius 3 is 1.06 bits per heavy atom. The van der Waals surface area contributed by atoms with Crippen LogP contribution in [0.5, 0.6) is 23.0 Å². The Labute approximate surface area is 294 Å². The van der Waals surface area contributed by atoms with Gasteiger partial charge < -0.3 is 50.3 Å². The van der Waals surface area contributed by atoms with Crippen molar-refractivity contribution in [3.05, 3.63) is 118 Å². The first kappa shape index (κ1) is 38.0. The quantitative estimate of drug-likeness (QED) is 0.0752. The van der Waals surface area contributed by atoms with Gasteiger partial charge in [-0.25, -0.2) is 19.2 Å². The second-order valence-corrected chi connectivity index (χ2v) is 11.0. The van der Waals surface area contributed by atoms with E-state index in [4.69, 9.17) is 9.47 Å². The maximum absolute atomic E-state index is 12.9. The molecule has 0 saturated carbocycles. The molecule has 18 heteroatoms. The average molecular weight is 733 g/mol. The Balaban J connectivity index is 1.95. The van der Waals surface area contributed by atoms with Gasteiger partial charge in [0.05, 0.1) is 23.0 Å². The van der Waals surface area contributed by atoms with Crippen LogP contribution in [0.3, 0.4) is 0 Å². The molecule has 0 atom stereocenters. The van der Waals surface area contributed by atoms with E-state index in [1.54, 1.807) is 0 Å². The van der Waals surface area contributed by atoms with Crippen LogP contribution in [0.1, 0.15) is 59.0 Å². The van der Waals surface area contributed by atoms with E-state index in [1.807, 2.05) is 0 Å². The Morgan fingerprint density at radius 2 is 0.792 bits per heavy atom. The van der Waals surface area contributed by atoms with Crippen LogP contribution in [-0.2, 0) is 24.6 Å². The number of hydrogen-bond donors (Lipinski definition) is 8. The largest absolute Gasteiger partial charge is 0.481 e. The lowest BCUT2D eigenvalue weighted by Gasteiger charge is -2.42. The number of hydrogen-bond acceptors (Lipinski definition) is 10. The van der Waals surface area contributed by atoms with Crippen molar-refractivity contribution in [3.8, 4) is 23.0 Å². The molecule has 0 amide bonds. The summed E-state index contributed by atoms with van der Waals surface area (Å²) in [6.45, 7) is 0. The fraction of sp³-hybridized carbons (Fsp3) is 0.0857. The highest BCUT2D eigenvalue weighted by Gasteiger charge is 2.70. The number of benzene rings is 4. The molecule has 0 heterocycles. The molecule has 0 fully saturated rings. The standard InChI is InChI=1S/C35H24O18/c36-24(37)15-34(35(31(46)47,32(48)49)33(50)51,16-7-11-18(12-8-16)52-22-5-1-3-20(27(38)39)25(22)29(42)43)17-9-13-19(14-10-17)53-23-6-2-4-21(28(40)41)26(23)30(44)45/h1-14H,15H2,(H,36,37)(H,38,39)(H,40,41)(H,42,43)(H,44,45)(H,46,47)(H,48,49)(H,50,51). The van der Waals surface area contributed by atoms with Gasteiger partial charge in [-0.15, -0.1) is 0 Å². The van der Waals surface area contributed by atoms with Gasteiger partial charge in [0.1, 0.15) is 34.1 Å². The van der Waals surface area contributed by atoms with Crippen LogP contribution in [0.2, 0.25) is 0 Å². The van der Waals surface area contributed by atoms with E-state index in [0.29, 0.717) is 0 Å². The van der Waals surface area contributed by atoms with Gasteiger partial charge in [-0.3, -0.25) is 19.2 Å². The summed E-state index contributed by atoms with van der Waals surface area (Å²) in [5.74, 6) is -17.3. The van der Waals surface area contributed by atoms with Gasteiger partial charge in [0.25, 0.3) is 5.41 Å². The van der Waals surface area contributed by atoms with Crippen LogP contribution in [0, 0.1) is 5.41 Å². The summed E-state index contributed by atoms with van der Waals surface area (Å²) >= 11 is 0. The van der Waals surface area contributed by atoms with Gasteiger partial charge >= 0.3 is 47.8 Å². The highest BCUT2D eigenvalue weighted by atomic mass is 16.5. The number of carboxylic acids is 8. The third-order valence-electron chi connectivity index (χ3n) is 8.11. The molecule has 4 rings (SSSR count). The highest BCUT2D eigenvalue weighted by molar-refractivity contribution is 6.19. The second kappa shape index (κ2) is 14.6. The molecule has 0 spiro atoms. The van der Waals surface area contributed by atoms with E-state index in [2.05, 4.69) is 0 Å². The number of aliphatic carboxylic acids is 4. The zero-order valence-corrected chi connectivity index (χ0v) is 26.5. The van der Waals surface area contributed by atoms with Crippen LogP contribution in [0.4, 0.5) is 0 Å². The van der Waals surface area contributed by atoms with Gasteiger partial charge in [0, 0.05) is 0 Å². The van der Waals surface area contributed by atoms with Crippen molar-refractivity contribution in [1.29, 1.82) is 0 Å². The number of aromatic carboxylic acids is 4. The summed E-state index contributed by atoms with van der Waals surface area (Å²) in [7, 11) is 0. The van der Waals surface area contributed by atoms with Crippen molar-refractivity contribution >= 4 is 47.8 Å². The number of carboxylic acid groups (broad SMARTS) is 8. The topological polar surface area (TPSA) is 317 Å². The third kappa shape index (κ3) is 6.74. The second-order valence-electron chi connectivity index (χ2n) is 11.0. The lowest BCUT2D eigenvalue weighted by atomic mass is 9.54. The molecule has 0 unspecified atom stereocenters. The van der Waals surface area contributed by atoms with Crippen LogP contribution < -0.4 is 9.47 Å². The minimum Gasteiger partial charge on any atom is -0.481 e. The van der Waals surface area contributed by atoms with Crippen LogP contribution >= 0.6 is 0 Å². The van der Waals surface area contributed by atoms with Gasteiger partial charge in [0.15, 0.2) is 0 Å². The number of carbonyl (C=O) groups is 8. The summed E-state index contributed by atoms with van der Waals surface area (Å²) in [5, 5.41) is 79.1. The van der Waals surface area contributed by atoms with Crippen LogP contribution in [0.25, 0.3) is 0 Å². The normalized spacial score (nSPS) is 11.2. The van der Waals surface area contributed by atoms with Gasteiger partial charge in [-0.2, -0.15) is 0 Å². The average Bonchev–Trinajstić information content (AvgIpc) is 3.07. The zero-order chi connectivity index (χ0) is 39.4. The molecule has 272 valence electrons. The predicted octanol–water partition coefficient (Wildman–Crippen LogP) is 4.07. The summed E-state index contributed by atoms with van der Waals surface area (Å²) in [6.07, 6.45) is -1.48. The maximum Gasteiger partial charge on any atom is 0.340 e. The van der Waals surface area contributed by atoms with E-state index in [1.165, 1.54) is 12.1 Å². The number of ether oxygens (including phenoxy) is 2. The van der Waals surface area contributed by atoms with Gasteiger partial charge in [-0.05, 0) is 59.7 Å². The molecule has 8 N–H and O–H groups in total. The summed E-state index contributed by atoms with van der Waals surface area (Å²) < 4.78 is 11.1. The Morgan fingerprint density at radius 1 is 0.453 bits per heavy atom. The molecule has 0 aliphatic carbocycles. The summed E-state index contributed by atoms with van der Waals surface area (Å²) in [6, 6.07) is 14.3. The molecule has 4 aromatic carbocycles. The van der Waals surface area contributed by atoms with E-state index in [0.717, 1.165) is 72.8 Å². The molecular weight excluding hydrogens is 708 g/mol. The van der Waals surface area contributed by atoms with E-state index in [-0.39, 0.29) is 11.5 Å². The van der Waals surface area contributed by atoms with E-state index < -0.39 is 110 Å². The first-order valence-corrected chi connectivity index (χ1v) is 14.6. The lowest BCUT2D eigenvalue weighted by Crippen LogP contribution is -2.62. The van der Waals surface area contributed by atoms with Crippen molar-refractivity contribution < 1.29 is 88.7 Å². The molecule has 0 aliphatic heterocycles. The summed E-state index contributed by atoms with van der Waals surface area (Å²) in [5.41, 5.74) is -10.8. The minimum atomic E-state index is -3.96. The molecule has 18 nitrogen and oxygen atoms in total. The van der Waals surface area contributed by atoms with Crippen molar-refractivity contribution in [2.24, 2.45) is 5.41 Å². The molecule has 4 aromatic rings. The van der Waals surface area contributed by atoms with E-state index in [9.17, 15) is 79.2 Å². The molecule has 0 saturated heterocycles. The van der Waals surface area contributed by atoms with Crippen molar-refractivity contribution in [1.82, 2.24) is 0 Å². The Hall–Kier alpha value is -7.76. The third-order valence-corrected chi connectivity index (χ3v) is 8.11. The predicted molar refractivity (Wildman–Crippen MR) is 172 cm³/mol. The van der Waals surface area contributed by atoms with Crippen molar-refractivity contribution in [2.75, 3.05) is 0 Å². The first-order valence-electron chi connectivity index (χ1n) is 14.6. The molecule has 0 aromatic heterocycles. The molecule has 0 bridgehead atoms. The maximum atomic E-state index is 12.9. The number of rotatable bonds is 16. The SMILES string of the molecule is O=C(O)CC(c1ccc(Oc2cccc(C(=O)O)c2C(=O)O)cc1)(c1ccc(Oc2cccc(C(=O)O)c2C(=O)O)cc1)C(C(=O)O)(C(=O)O)C(=O)O. The van der Waals surface area contributed by atoms with Gasteiger partial charge in [0.2, 0.25) is 0 Å². The monoisotopic (exact) mass is 732 g/mol. The lowest BCUT2D eigenvalue weighted by molar-refractivity contribution is -0.181. The van der Waals surface area contributed by atoms with E-state index >= 15 is 0 Å². The molecule has 53 heavy (non-hydrogen) atoms. The van der Waals surface area contributed by atoms with Crippen molar-refractivity contribution in [3.63, 3.8) is 0 Å². The Kier molecular flexibility index (Phi) is 10.5. The molecular formula is C35H24O18. The Bertz CT molecular complexity index is 2030. The van der Waals surface area contributed by atoms with Crippen LogP contribution in [-0.4, -0.2) is 88.6 Å². The van der Waals surface area contributed by atoms with Crippen LogP contribution in [0.15, 0.2) is 84.9 Å². The molecule has 0 aliphatic rings. The van der Waals surface area contributed by atoms with Crippen molar-refractivity contribution in [2.45, 2.75) is 11.8 Å².